The third-order valence-corrected chi connectivity index (χ3v) is 6.10. The number of fused-ring (bicyclic) bond motifs is 1. The van der Waals surface area contributed by atoms with E-state index in [0.29, 0.717) is 27.8 Å². The van der Waals surface area contributed by atoms with Gasteiger partial charge in [-0.15, -0.1) is 0 Å². The molecule has 2 heterocycles. The number of carbonyl (C=O) groups excluding carboxylic acids is 1. The van der Waals surface area contributed by atoms with Gasteiger partial charge in [0, 0.05) is 30.9 Å². The second-order valence-electron chi connectivity index (χ2n) is 6.82. The van der Waals surface area contributed by atoms with Crippen LogP contribution in [-0.4, -0.2) is 38.8 Å². The van der Waals surface area contributed by atoms with E-state index in [1.165, 1.54) is 43.8 Å². The molecule has 2 aromatic carbocycles. The standard InChI is InChI=1S/C22H23N3O4S/c1-27-17-10-16(11-18(28-2)20(17)29-3)24-21(26)19-12-23-22(30-19)25-9-8-14-6-4-5-7-15(14)13-25/h4-7,10-12H,8-9,13H2,1-3H3,(H,24,26). The molecule has 156 valence electrons. The third-order valence-electron chi connectivity index (χ3n) is 5.04. The highest BCUT2D eigenvalue weighted by Gasteiger charge is 2.21. The van der Waals surface area contributed by atoms with Crippen molar-refractivity contribution in [3.05, 3.63) is 58.6 Å². The van der Waals surface area contributed by atoms with E-state index >= 15 is 0 Å². The minimum Gasteiger partial charge on any atom is -0.493 e. The Morgan fingerprint density at radius 3 is 2.43 bits per heavy atom. The Labute approximate surface area is 179 Å². The number of nitrogens with one attached hydrogen (secondary N) is 1. The van der Waals surface area contributed by atoms with Gasteiger partial charge in [0.05, 0.1) is 27.5 Å². The maximum Gasteiger partial charge on any atom is 0.267 e. The Kier molecular flexibility index (Phi) is 5.76. The molecule has 7 nitrogen and oxygen atoms in total. The van der Waals surface area contributed by atoms with Gasteiger partial charge in [-0.2, -0.15) is 0 Å². The molecule has 0 radical (unpaired) electrons. The van der Waals surface area contributed by atoms with Crippen LogP contribution < -0.4 is 24.4 Å². The first-order valence-corrected chi connectivity index (χ1v) is 10.3. The first-order chi connectivity index (χ1) is 14.6. The highest BCUT2D eigenvalue weighted by molar-refractivity contribution is 7.17. The molecule has 8 heteroatoms. The van der Waals surface area contributed by atoms with Crippen molar-refractivity contribution in [3.63, 3.8) is 0 Å². The minimum absolute atomic E-state index is 0.231. The second kappa shape index (κ2) is 8.62. The van der Waals surface area contributed by atoms with Gasteiger partial charge in [-0.1, -0.05) is 35.6 Å². The maximum atomic E-state index is 12.8. The van der Waals surface area contributed by atoms with Crippen LogP contribution in [0.15, 0.2) is 42.6 Å². The normalized spacial score (nSPS) is 12.8. The second-order valence-corrected chi connectivity index (χ2v) is 7.82. The molecule has 0 unspecified atom stereocenters. The van der Waals surface area contributed by atoms with Gasteiger partial charge in [-0.25, -0.2) is 4.98 Å². The van der Waals surface area contributed by atoms with Crippen molar-refractivity contribution >= 4 is 28.1 Å². The number of ether oxygens (including phenoxy) is 3. The highest BCUT2D eigenvalue weighted by Crippen LogP contribution is 2.40. The quantitative estimate of drug-likeness (QED) is 0.644. The molecule has 4 rings (SSSR count). The Morgan fingerprint density at radius 2 is 1.77 bits per heavy atom. The summed E-state index contributed by atoms with van der Waals surface area (Å²) in [4.78, 5) is 20.0. The number of hydrogen-bond donors (Lipinski definition) is 1. The molecule has 0 saturated heterocycles. The summed E-state index contributed by atoms with van der Waals surface area (Å²) >= 11 is 1.38. The van der Waals surface area contributed by atoms with Crippen molar-refractivity contribution in [2.45, 2.75) is 13.0 Å². The van der Waals surface area contributed by atoms with Gasteiger partial charge >= 0.3 is 0 Å². The fourth-order valence-corrected chi connectivity index (χ4v) is 4.36. The van der Waals surface area contributed by atoms with E-state index in [-0.39, 0.29) is 5.91 Å². The lowest BCUT2D eigenvalue weighted by atomic mass is 10.0. The van der Waals surface area contributed by atoms with Crippen LogP contribution in [0, 0.1) is 0 Å². The molecule has 1 aliphatic rings. The smallest absolute Gasteiger partial charge is 0.267 e. The molecule has 0 atom stereocenters. The number of amides is 1. The summed E-state index contributed by atoms with van der Waals surface area (Å²) in [5, 5.41) is 3.74. The van der Waals surface area contributed by atoms with Crippen LogP contribution in [0.1, 0.15) is 20.8 Å². The van der Waals surface area contributed by atoms with Gasteiger partial charge in [0.15, 0.2) is 16.6 Å². The van der Waals surface area contributed by atoms with E-state index in [9.17, 15) is 4.79 Å². The number of methoxy groups -OCH3 is 3. The first kappa shape index (κ1) is 20.0. The molecular weight excluding hydrogens is 402 g/mol. The highest BCUT2D eigenvalue weighted by atomic mass is 32.1. The molecular formula is C22H23N3O4S. The fraction of sp³-hybridized carbons (Fsp3) is 0.273. The van der Waals surface area contributed by atoms with Crippen molar-refractivity contribution in [3.8, 4) is 17.2 Å². The van der Waals surface area contributed by atoms with E-state index in [1.54, 1.807) is 18.3 Å². The Bertz CT molecular complexity index is 1040. The van der Waals surface area contributed by atoms with Gasteiger partial charge in [0.1, 0.15) is 4.88 Å². The van der Waals surface area contributed by atoms with E-state index in [0.717, 1.165) is 24.6 Å². The van der Waals surface area contributed by atoms with Gasteiger partial charge in [-0.05, 0) is 17.5 Å². The molecule has 0 spiro atoms. The van der Waals surface area contributed by atoms with Crippen molar-refractivity contribution in [2.24, 2.45) is 0 Å². The minimum atomic E-state index is -0.231. The molecule has 0 aliphatic carbocycles. The Morgan fingerprint density at radius 1 is 1.07 bits per heavy atom. The third kappa shape index (κ3) is 3.91. The number of aromatic nitrogens is 1. The van der Waals surface area contributed by atoms with Gasteiger partial charge < -0.3 is 24.4 Å². The van der Waals surface area contributed by atoms with Gasteiger partial charge in [0.25, 0.3) is 5.91 Å². The Balaban J connectivity index is 1.50. The van der Waals surface area contributed by atoms with Crippen molar-refractivity contribution in [2.75, 3.05) is 38.1 Å². The van der Waals surface area contributed by atoms with Crippen LogP contribution >= 0.6 is 11.3 Å². The summed E-state index contributed by atoms with van der Waals surface area (Å²) in [6.45, 7) is 1.69. The summed E-state index contributed by atoms with van der Waals surface area (Å²) in [5.74, 6) is 1.20. The van der Waals surface area contributed by atoms with Gasteiger partial charge in [0.2, 0.25) is 5.75 Å². The molecule has 3 aromatic rings. The van der Waals surface area contributed by atoms with Crippen LogP contribution in [0.4, 0.5) is 10.8 Å². The lowest BCUT2D eigenvalue weighted by molar-refractivity contribution is 0.103. The fourth-order valence-electron chi connectivity index (χ4n) is 3.52. The molecule has 1 amide bonds. The lowest BCUT2D eigenvalue weighted by Gasteiger charge is -2.28. The number of hydrogen-bond acceptors (Lipinski definition) is 7. The van der Waals surface area contributed by atoms with Crippen LogP contribution in [0.2, 0.25) is 0 Å². The number of anilines is 2. The molecule has 30 heavy (non-hydrogen) atoms. The number of rotatable bonds is 6. The zero-order valence-corrected chi connectivity index (χ0v) is 17.9. The van der Waals surface area contributed by atoms with Crippen molar-refractivity contribution in [1.29, 1.82) is 0 Å². The molecule has 1 aromatic heterocycles. The monoisotopic (exact) mass is 425 g/mol. The maximum absolute atomic E-state index is 12.8. The van der Waals surface area contributed by atoms with E-state index in [4.69, 9.17) is 14.2 Å². The predicted octanol–water partition coefficient (Wildman–Crippen LogP) is 3.98. The molecule has 0 fully saturated rings. The molecule has 1 N–H and O–H groups in total. The summed E-state index contributed by atoms with van der Waals surface area (Å²) in [7, 11) is 4.61. The van der Waals surface area contributed by atoms with Crippen molar-refractivity contribution < 1.29 is 19.0 Å². The van der Waals surface area contributed by atoms with Crippen LogP contribution in [0.5, 0.6) is 17.2 Å². The van der Waals surface area contributed by atoms with E-state index in [2.05, 4.69) is 39.5 Å². The van der Waals surface area contributed by atoms with Crippen LogP contribution in [0.3, 0.4) is 0 Å². The predicted molar refractivity (Wildman–Crippen MR) is 117 cm³/mol. The Hall–Kier alpha value is -3.26. The number of carbonyl (C=O) groups is 1. The van der Waals surface area contributed by atoms with Gasteiger partial charge in [-0.3, -0.25) is 4.79 Å². The summed E-state index contributed by atoms with van der Waals surface area (Å²) < 4.78 is 16.0. The molecule has 1 aliphatic heterocycles. The average Bonchev–Trinajstić information content (AvgIpc) is 3.28. The summed E-state index contributed by atoms with van der Waals surface area (Å²) in [6.07, 6.45) is 2.59. The van der Waals surface area contributed by atoms with E-state index < -0.39 is 0 Å². The summed E-state index contributed by atoms with van der Waals surface area (Å²) in [6, 6.07) is 11.8. The first-order valence-electron chi connectivity index (χ1n) is 9.52. The van der Waals surface area contributed by atoms with E-state index in [1.807, 2.05) is 0 Å². The molecule has 0 bridgehead atoms. The zero-order chi connectivity index (χ0) is 21.1. The lowest BCUT2D eigenvalue weighted by Crippen LogP contribution is -2.30. The molecule has 0 saturated carbocycles. The zero-order valence-electron chi connectivity index (χ0n) is 17.1. The van der Waals surface area contributed by atoms with Crippen molar-refractivity contribution in [1.82, 2.24) is 4.98 Å². The van der Waals surface area contributed by atoms with Crippen LogP contribution in [0.25, 0.3) is 0 Å². The average molecular weight is 426 g/mol. The SMILES string of the molecule is COc1cc(NC(=O)c2cnc(N3CCc4ccccc4C3)s2)cc(OC)c1OC. The van der Waals surface area contributed by atoms with Crippen LogP contribution in [-0.2, 0) is 13.0 Å². The number of benzene rings is 2. The topological polar surface area (TPSA) is 72.9 Å². The summed E-state index contributed by atoms with van der Waals surface area (Å²) in [5.41, 5.74) is 3.24. The number of thiazole rings is 1. The number of nitrogens with zero attached hydrogens (tertiary/aromatic N) is 2. The largest absolute Gasteiger partial charge is 0.493 e.